The zero-order valence-corrected chi connectivity index (χ0v) is 20.2. The predicted molar refractivity (Wildman–Crippen MR) is 127 cm³/mol. The van der Waals surface area contributed by atoms with Gasteiger partial charge in [-0.1, -0.05) is 51.5 Å². The maximum Gasteiger partial charge on any atom is 0.261 e. The van der Waals surface area contributed by atoms with E-state index in [0.29, 0.717) is 18.8 Å². The Bertz CT molecular complexity index is 1020. The molecule has 0 aliphatic heterocycles. The molecule has 0 heterocycles. The second kappa shape index (κ2) is 9.63. The number of carbonyl (C=O) groups excluding carboxylic acids is 1. The number of hydrogen-bond acceptors (Lipinski definition) is 4. The largest absolute Gasteiger partial charge is 0.385 e. The van der Waals surface area contributed by atoms with Gasteiger partial charge >= 0.3 is 0 Å². The first kappa shape index (κ1) is 24.3. The number of amides is 1. The lowest BCUT2D eigenvalue weighted by Crippen LogP contribution is -2.49. The minimum absolute atomic E-state index is 0.0344. The summed E-state index contributed by atoms with van der Waals surface area (Å²) >= 11 is 0. The van der Waals surface area contributed by atoms with E-state index in [9.17, 15) is 13.2 Å². The van der Waals surface area contributed by atoms with E-state index in [1.54, 1.807) is 31.4 Å². The molecule has 0 spiro atoms. The van der Waals surface area contributed by atoms with E-state index >= 15 is 0 Å². The van der Waals surface area contributed by atoms with Gasteiger partial charge in [-0.25, -0.2) is 8.42 Å². The zero-order chi connectivity index (χ0) is 23.4. The molecule has 2 aromatic rings. The van der Waals surface area contributed by atoms with Crippen molar-refractivity contribution in [3.8, 4) is 0 Å². The molecule has 1 saturated carbocycles. The summed E-state index contributed by atoms with van der Waals surface area (Å²) in [5, 5.41) is 3.02. The van der Waals surface area contributed by atoms with Crippen LogP contribution in [0.3, 0.4) is 0 Å². The summed E-state index contributed by atoms with van der Waals surface area (Å²) in [4.78, 5) is 13.1. The minimum atomic E-state index is -3.69. The highest BCUT2D eigenvalue weighted by Crippen LogP contribution is 2.44. The van der Waals surface area contributed by atoms with Gasteiger partial charge in [-0.3, -0.25) is 9.52 Å². The molecule has 0 radical (unpaired) electrons. The molecule has 1 aliphatic carbocycles. The Morgan fingerprint density at radius 1 is 1.03 bits per heavy atom. The average Bonchev–Trinajstić information content (AvgIpc) is 2.71. The van der Waals surface area contributed by atoms with Gasteiger partial charge in [0.15, 0.2) is 0 Å². The van der Waals surface area contributed by atoms with Crippen LogP contribution in [0.2, 0.25) is 0 Å². The summed E-state index contributed by atoms with van der Waals surface area (Å²) in [7, 11) is -2.05. The Morgan fingerprint density at radius 3 is 2.16 bits per heavy atom. The molecule has 0 saturated heterocycles. The van der Waals surface area contributed by atoms with Gasteiger partial charge in [0.1, 0.15) is 0 Å². The molecule has 2 aromatic carbocycles. The number of hydrogen-bond donors (Lipinski definition) is 2. The van der Waals surface area contributed by atoms with Gasteiger partial charge < -0.3 is 10.1 Å². The van der Waals surface area contributed by atoms with Gasteiger partial charge in [0, 0.05) is 25.9 Å². The van der Waals surface area contributed by atoms with Crippen LogP contribution >= 0.6 is 0 Å². The number of nitrogens with one attached hydrogen (secondary N) is 2. The Labute approximate surface area is 191 Å². The topological polar surface area (TPSA) is 84.5 Å². The molecule has 0 bridgehead atoms. The third-order valence-electron chi connectivity index (χ3n) is 6.17. The molecule has 0 atom stereocenters. The van der Waals surface area contributed by atoms with Gasteiger partial charge in [-0.2, -0.15) is 0 Å². The van der Waals surface area contributed by atoms with Crippen LogP contribution in [0.1, 0.15) is 57.6 Å². The molecule has 1 amide bonds. The molecule has 2 N–H and O–H groups in total. The van der Waals surface area contributed by atoms with Crippen molar-refractivity contribution in [3.05, 3.63) is 59.7 Å². The zero-order valence-electron chi connectivity index (χ0n) is 19.4. The Morgan fingerprint density at radius 2 is 1.66 bits per heavy atom. The summed E-state index contributed by atoms with van der Waals surface area (Å²) < 4.78 is 33.3. The van der Waals surface area contributed by atoms with Crippen molar-refractivity contribution in [1.82, 2.24) is 5.32 Å². The third-order valence-corrected chi connectivity index (χ3v) is 7.57. The SMILES string of the molecule is COCCCNC(=O)C1(c2ccc(NS(=O)(=O)c3ccc(C(C)(C)C)cc3)cc2)CCC1. The predicted octanol–water partition coefficient (Wildman–Crippen LogP) is 4.36. The maximum absolute atomic E-state index is 12.8. The molecule has 0 unspecified atom stereocenters. The Balaban J connectivity index is 1.70. The van der Waals surface area contributed by atoms with Crippen molar-refractivity contribution in [2.24, 2.45) is 0 Å². The first-order chi connectivity index (χ1) is 15.1. The molecule has 0 aromatic heterocycles. The molecular formula is C25H34N2O4S. The molecular weight excluding hydrogens is 424 g/mol. The highest BCUT2D eigenvalue weighted by atomic mass is 32.2. The van der Waals surface area contributed by atoms with Crippen LogP contribution in [0.5, 0.6) is 0 Å². The summed E-state index contributed by atoms with van der Waals surface area (Å²) in [5.74, 6) is 0.0344. The number of ether oxygens (including phenoxy) is 1. The van der Waals surface area contributed by atoms with Gasteiger partial charge in [0.25, 0.3) is 10.0 Å². The first-order valence-electron chi connectivity index (χ1n) is 11.1. The van der Waals surface area contributed by atoms with E-state index in [2.05, 4.69) is 30.8 Å². The van der Waals surface area contributed by atoms with Gasteiger partial charge in [-0.05, 0) is 60.1 Å². The number of rotatable bonds is 9. The monoisotopic (exact) mass is 458 g/mol. The maximum atomic E-state index is 12.8. The molecule has 6 nitrogen and oxygen atoms in total. The van der Waals surface area contributed by atoms with Crippen molar-refractivity contribution < 1.29 is 17.9 Å². The molecule has 1 fully saturated rings. The van der Waals surface area contributed by atoms with Crippen molar-refractivity contribution in [2.45, 2.75) is 62.2 Å². The second-order valence-electron chi connectivity index (χ2n) is 9.50. The standard InChI is InChI=1S/C25H34N2O4S/c1-24(2,3)19-9-13-22(14-10-19)32(29,30)27-21-11-7-20(8-12-21)25(15-5-16-25)23(28)26-17-6-18-31-4/h7-14,27H,5-6,15-18H2,1-4H3,(H,26,28). The van der Waals surface area contributed by atoms with Crippen LogP contribution in [-0.2, 0) is 30.4 Å². The molecule has 32 heavy (non-hydrogen) atoms. The Hall–Kier alpha value is -2.38. The van der Waals surface area contributed by atoms with E-state index in [1.807, 2.05) is 24.3 Å². The Kier molecular flexibility index (Phi) is 7.30. The smallest absolute Gasteiger partial charge is 0.261 e. The normalized spacial score (nSPS) is 15.6. The van der Waals surface area contributed by atoms with Crippen LogP contribution in [0.4, 0.5) is 5.69 Å². The third kappa shape index (κ3) is 5.33. The summed E-state index contributed by atoms with van der Waals surface area (Å²) in [6.07, 6.45) is 3.38. The van der Waals surface area contributed by atoms with Crippen molar-refractivity contribution >= 4 is 21.6 Å². The summed E-state index contributed by atoms with van der Waals surface area (Å²) in [5.41, 5.74) is 1.91. The van der Waals surface area contributed by atoms with E-state index in [-0.39, 0.29) is 16.2 Å². The highest BCUT2D eigenvalue weighted by molar-refractivity contribution is 7.92. The number of methoxy groups -OCH3 is 1. The van der Waals surface area contributed by atoms with Crippen molar-refractivity contribution in [2.75, 3.05) is 25.0 Å². The van der Waals surface area contributed by atoms with Crippen molar-refractivity contribution in [3.63, 3.8) is 0 Å². The van der Waals surface area contributed by atoms with E-state index in [4.69, 9.17) is 4.74 Å². The van der Waals surface area contributed by atoms with Crippen LogP contribution in [-0.4, -0.2) is 34.6 Å². The lowest BCUT2D eigenvalue weighted by atomic mass is 9.64. The first-order valence-corrected chi connectivity index (χ1v) is 12.6. The number of carbonyl (C=O) groups is 1. The molecule has 1 aliphatic rings. The lowest BCUT2D eigenvalue weighted by Gasteiger charge is -2.40. The molecule has 7 heteroatoms. The highest BCUT2D eigenvalue weighted by Gasteiger charge is 2.45. The fourth-order valence-electron chi connectivity index (χ4n) is 3.97. The number of benzene rings is 2. The lowest BCUT2D eigenvalue weighted by molar-refractivity contribution is -0.129. The summed E-state index contributed by atoms with van der Waals surface area (Å²) in [6, 6.07) is 14.1. The van der Waals surface area contributed by atoms with E-state index in [1.165, 1.54) is 0 Å². The minimum Gasteiger partial charge on any atom is -0.385 e. The fraction of sp³-hybridized carbons (Fsp3) is 0.480. The van der Waals surface area contributed by atoms with E-state index < -0.39 is 15.4 Å². The van der Waals surface area contributed by atoms with Crippen LogP contribution in [0, 0.1) is 0 Å². The van der Waals surface area contributed by atoms with Crippen molar-refractivity contribution in [1.29, 1.82) is 0 Å². The average molecular weight is 459 g/mol. The van der Waals surface area contributed by atoms with Crippen LogP contribution < -0.4 is 10.0 Å². The second-order valence-corrected chi connectivity index (χ2v) is 11.2. The van der Waals surface area contributed by atoms with E-state index in [0.717, 1.165) is 36.8 Å². The van der Waals surface area contributed by atoms with Gasteiger partial charge in [0.2, 0.25) is 5.91 Å². The van der Waals surface area contributed by atoms with Gasteiger partial charge in [0.05, 0.1) is 10.3 Å². The quantitative estimate of drug-likeness (QED) is 0.547. The van der Waals surface area contributed by atoms with Gasteiger partial charge in [-0.15, -0.1) is 0 Å². The molecule has 174 valence electrons. The fourth-order valence-corrected chi connectivity index (χ4v) is 5.03. The number of sulfonamides is 1. The number of anilines is 1. The molecule has 3 rings (SSSR count). The summed E-state index contributed by atoms with van der Waals surface area (Å²) in [6.45, 7) is 7.46. The van der Waals surface area contributed by atoms with Crippen LogP contribution in [0.15, 0.2) is 53.4 Å². The van der Waals surface area contributed by atoms with Crippen LogP contribution in [0.25, 0.3) is 0 Å².